The van der Waals surface area contributed by atoms with E-state index in [2.05, 4.69) is 4.37 Å². The third-order valence-electron chi connectivity index (χ3n) is 2.65. The van der Waals surface area contributed by atoms with Gasteiger partial charge in [0, 0.05) is 17.0 Å². The number of nitrogens with two attached hydrogens (primary N) is 1. The molecule has 0 atom stereocenters. The Kier molecular flexibility index (Phi) is 2.19. The van der Waals surface area contributed by atoms with Gasteiger partial charge in [-0.25, -0.2) is 0 Å². The van der Waals surface area contributed by atoms with Crippen molar-refractivity contribution in [2.24, 2.45) is 5.73 Å². The Hall–Kier alpha value is -2.14. The number of primary amides is 1. The molecular weight excluding hydrogens is 234 g/mol. The fourth-order valence-electron chi connectivity index (χ4n) is 1.90. The number of carbonyl (C=O) groups excluding carboxylic acids is 1. The number of amides is 1. The van der Waals surface area contributed by atoms with Gasteiger partial charge in [-0.1, -0.05) is 18.2 Å². The van der Waals surface area contributed by atoms with Gasteiger partial charge in [0.05, 0.1) is 11.1 Å². The van der Waals surface area contributed by atoms with Crippen LogP contribution in [0.3, 0.4) is 0 Å². The number of nitrogens with zero attached hydrogens (tertiary/aromatic N) is 2. The van der Waals surface area contributed by atoms with Gasteiger partial charge < -0.3 is 5.73 Å². The van der Waals surface area contributed by atoms with Crippen LogP contribution in [-0.2, 0) is 0 Å². The Morgan fingerprint density at radius 2 is 2.12 bits per heavy atom. The van der Waals surface area contributed by atoms with E-state index in [1.807, 2.05) is 40.3 Å². The summed E-state index contributed by atoms with van der Waals surface area (Å²) in [6.45, 7) is 0. The summed E-state index contributed by atoms with van der Waals surface area (Å²) in [4.78, 5) is 11.4. The predicted molar refractivity (Wildman–Crippen MR) is 67.5 cm³/mol. The molecule has 0 aliphatic heterocycles. The first-order valence-corrected chi connectivity index (χ1v) is 5.91. The van der Waals surface area contributed by atoms with Crippen molar-refractivity contribution in [3.8, 4) is 5.82 Å². The maximum atomic E-state index is 11.4. The molecule has 17 heavy (non-hydrogen) atoms. The Labute approximate surface area is 101 Å². The van der Waals surface area contributed by atoms with Crippen LogP contribution in [0.15, 0.2) is 41.9 Å². The summed E-state index contributed by atoms with van der Waals surface area (Å²) in [6.07, 6.45) is 1.74. The largest absolute Gasteiger partial charge is 0.366 e. The van der Waals surface area contributed by atoms with Crippen LogP contribution in [0.25, 0.3) is 16.7 Å². The smallest absolute Gasteiger partial charge is 0.250 e. The molecule has 0 saturated carbocycles. The van der Waals surface area contributed by atoms with Crippen molar-refractivity contribution >= 4 is 28.3 Å². The standard InChI is InChI=1S/C12H9N3OS/c13-12(16)9-7-15(11-5-6-17-14-11)10-4-2-1-3-8(9)10/h1-7H,(H2,13,16). The molecule has 3 rings (SSSR count). The second-order valence-electron chi connectivity index (χ2n) is 3.65. The summed E-state index contributed by atoms with van der Waals surface area (Å²) in [5.74, 6) is 0.383. The lowest BCUT2D eigenvalue weighted by atomic mass is 10.2. The summed E-state index contributed by atoms with van der Waals surface area (Å²) in [5, 5.41) is 2.75. The third kappa shape index (κ3) is 1.52. The molecule has 1 aromatic carbocycles. The molecule has 0 aliphatic carbocycles. The zero-order valence-electron chi connectivity index (χ0n) is 8.83. The topological polar surface area (TPSA) is 60.9 Å². The van der Waals surface area contributed by atoms with E-state index < -0.39 is 5.91 Å². The zero-order valence-corrected chi connectivity index (χ0v) is 9.65. The molecule has 0 aliphatic rings. The fourth-order valence-corrected chi connectivity index (χ4v) is 2.40. The van der Waals surface area contributed by atoms with Crippen molar-refractivity contribution in [1.29, 1.82) is 0 Å². The first-order valence-electron chi connectivity index (χ1n) is 5.08. The van der Waals surface area contributed by atoms with Crippen molar-refractivity contribution < 1.29 is 4.79 Å². The number of hydrogen-bond donors (Lipinski definition) is 1. The number of fused-ring (bicyclic) bond motifs is 1. The second-order valence-corrected chi connectivity index (χ2v) is 4.32. The number of hydrogen-bond acceptors (Lipinski definition) is 3. The van der Waals surface area contributed by atoms with Gasteiger partial charge in [-0.3, -0.25) is 9.36 Å². The highest BCUT2D eigenvalue weighted by Gasteiger charge is 2.13. The van der Waals surface area contributed by atoms with E-state index in [1.54, 1.807) is 6.20 Å². The summed E-state index contributed by atoms with van der Waals surface area (Å²) < 4.78 is 6.14. The molecule has 0 unspecified atom stereocenters. The van der Waals surface area contributed by atoms with Gasteiger partial charge in [0.15, 0.2) is 5.82 Å². The van der Waals surface area contributed by atoms with Crippen LogP contribution < -0.4 is 5.73 Å². The molecule has 0 saturated heterocycles. The zero-order chi connectivity index (χ0) is 11.8. The lowest BCUT2D eigenvalue weighted by molar-refractivity contribution is 0.100. The van der Waals surface area contributed by atoms with E-state index in [0.717, 1.165) is 16.7 Å². The number of para-hydroxylation sites is 1. The van der Waals surface area contributed by atoms with Crippen molar-refractivity contribution in [3.05, 3.63) is 47.5 Å². The minimum atomic E-state index is -0.421. The molecule has 2 aromatic heterocycles. The number of aromatic nitrogens is 2. The fraction of sp³-hybridized carbons (Fsp3) is 0. The summed E-state index contributed by atoms with van der Waals surface area (Å²) in [7, 11) is 0. The molecule has 0 fully saturated rings. The van der Waals surface area contributed by atoms with Gasteiger partial charge in [0.1, 0.15) is 0 Å². The summed E-state index contributed by atoms with van der Waals surface area (Å²) in [5.41, 5.74) is 6.84. The van der Waals surface area contributed by atoms with Gasteiger partial charge in [-0.05, 0) is 23.7 Å². The summed E-state index contributed by atoms with van der Waals surface area (Å²) >= 11 is 1.37. The maximum Gasteiger partial charge on any atom is 0.250 e. The van der Waals surface area contributed by atoms with Crippen LogP contribution in [0.2, 0.25) is 0 Å². The van der Waals surface area contributed by atoms with Gasteiger partial charge in [-0.2, -0.15) is 4.37 Å². The number of benzene rings is 1. The monoisotopic (exact) mass is 243 g/mol. The first kappa shape index (κ1) is 10.0. The number of rotatable bonds is 2. The molecule has 0 radical (unpaired) electrons. The van der Waals surface area contributed by atoms with Gasteiger partial charge in [0.2, 0.25) is 0 Å². The molecule has 84 valence electrons. The third-order valence-corrected chi connectivity index (χ3v) is 3.20. The van der Waals surface area contributed by atoms with Gasteiger partial charge in [-0.15, -0.1) is 0 Å². The van der Waals surface area contributed by atoms with Crippen LogP contribution in [0.5, 0.6) is 0 Å². The molecule has 0 spiro atoms. The van der Waals surface area contributed by atoms with E-state index in [4.69, 9.17) is 5.73 Å². The van der Waals surface area contributed by atoms with Crippen molar-refractivity contribution in [2.75, 3.05) is 0 Å². The van der Waals surface area contributed by atoms with Gasteiger partial charge in [0.25, 0.3) is 5.91 Å². The van der Waals surface area contributed by atoms with Gasteiger partial charge >= 0.3 is 0 Å². The Morgan fingerprint density at radius 3 is 2.82 bits per heavy atom. The Bertz CT molecular complexity index is 685. The highest BCUT2D eigenvalue weighted by molar-refractivity contribution is 7.03. The molecule has 1 amide bonds. The summed E-state index contributed by atoms with van der Waals surface area (Å²) in [6, 6.07) is 9.55. The minimum absolute atomic E-state index is 0.421. The molecule has 0 bridgehead atoms. The van der Waals surface area contributed by atoms with Crippen LogP contribution >= 0.6 is 11.5 Å². The highest BCUT2D eigenvalue weighted by atomic mass is 32.1. The molecule has 5 heteroatoms. The highest BCUT2D eigenvalue weighted by Crippen LogP contribution is 2.24. The average Bonchev–Trinajstić information content (AvgIpc) is 2.95. The Balaban J connectivity index is 2.37. The maximum absolute atomic E-state index is 11.4. The molecule has 2 heterocycles. The molecule has 3 aromatic rings. The lowest BCUT2D eigenvalue weighted by Gasteiger charge is -1.98. The van der Waals surface area contributed by atoms with E-state index in [0.29, 0.717) is 5.56 Å². The van der Waals surface area contributed by atoms with E-state index in [1.165, 1.54) is 11.5 Å². The van der Waals surface area contributed by atoms with Crippen LogP contribution in [0.4, 0.5) is 0 Å². The van der Waals surface area contributed by atoms with E-state index >= 15 is 0 Å². The van der Waals surface area contributed by atoms with Crippen molar-refractivity contribution in [2.45, 2.75) is 0 Å². The van der Waals surface area contributed by atoms with E-state index in [9.17, 15) is 4.79 Å². The molecule has 2 N–H and O–H groups in total. The van der Waals surface area contributed by atoms with E-state index in [-0.39, 0.29) is 0 Å². The molecule has 4 nitrogen and oxygen atoms in total. The average molecular weight is 243 g/mol. The first-order chi connectivity index (χ1) is 8.27. The molecular formula is C12H9N3OS. The second kappa shape index (κ2) is 3.71. The number of carbonyl (C=O) groups is 1. The van der Waals surface area contributed by atoms with Crippen molar-refractivity contribution in [3.63, 3.8) is 0 Å². The van der Waals surface area contributed by atoms with Crippen molar-refractivity contribution in [1.82, 2.24) is 8.94 Å². The normalized spacial score (nSPS) is 10.8. The Morgan fingerprint density at radius 1 is 1.29 bits per heavy atom. The predicted octanol–water partition coefficient (Wildman–Crippen LogP) is 2.19. The van der Waals surface area contributed by atoms with Crippen LogP contribution in [0.1, 0.15) is 10.4 Å². The SMILES string of the molecule is NC(=O)c1cn(-c2ccsn2)c2ccccc12. The minimum Gasteiger partial charge on any atom is -0.366 e. The lowest BCUT2D eigenvalue weighted by Crippen LogP contribution is -2.10. The van der Waals surface area contributed by atoms with Crippen LogP contribution in [-0.4, -0.2) is 14.8 Å². The quantitative estimate of drug-likeness (QED) is 0.750. The van der Waals surface area contributed by atoms with Crippen LogP contribution in [0, 0.1) is 0 Å².